The third-order valence-electron chi connectivity index (χ3n) is 3.90. The summed E-state index contributed by atoms with van der Waals surface area (Å²) in [5, 5.41) is 2.80. The monoisotopic (exact) mass is 315 g/mol. The minimum atomic E-state index is -0.366. The van der Waals surface area contributed by atoms with Gasteiger partial charge in [0.05, 0.1) is 11.4 Å². The van der Waals surface area contributed by atoms with Crippen LogP contribution in [-0.4, -0.2) is 34.4 Å². The van der Waals surface area contributed by atoms with Gasteiger partial charge in [-0.3, -0.25) is 9.59 Å². The molecule has 0 radical (unpaired) electrons. The second-order valence-corrected chi connectivity index (χ2v) is 5.53. The third kappa shape index (κ3) is 3.59. The molecule has 23 heavy (non-hydrogen) atoms. The van der Waals surface area contributed by atoms with Gasteiger partial charge in [-0.25, -0.2) is 4.39 Å². The molecule has 0 unspecified atom stereocenters. The maximum atomic E-state index is 13.5. The van der Waals surface area contributed by atoms with Gasteiger partial charge in [-0.2, -0.15) is 0 Å². The number of carbonyl (C=O) groups is 2. The lowest BCUT2D eigenvalue weighted by molar-refractivity contribution is -0.128. The number of nitrogens with zero attached hydrogens (tertiary/aromatic N) is 2. The number of halogens is 1. The van der Waals surface area contributed by atoms with Crippen molar-refractivity contribution in [2.75, 3.05) is 18.4 Å². The van der Waals surface area contributed by atoms with Crippen LogP contribution in [0.4, 0.5) is 10.1 Å². The second kappa shape index (κ2) is 6.64. The van der Waals surface area contributed by atoms with E-state index < -0.39 is 0 Å². The minimum absolute atomic E-state index is 0.104. The van der Waals surface area contributed by atoms with Gasteiger partial charge >= 0.3 is 0 Å². The second-order valence-electron chi connectivity index (χ2n) is 5.53. The van der Waals surface area contributed by atoms with Crippen molar-refractivity contribution >= 4 is 17.5 Å². The maximum absolute atomic E-state index is 13.5. The molecule has 5 nitrogen and oxygen atoms in total. The molecule has 1 fully saturated rings. The Morgan fingerprint density at radius 3 is 2.74 bits per heavy atom. The lowest BCUT2D eigenvalue weighted by atomic mass is 10.2. The van der Waals surface area contributed by atoms with E-state index in [4.69, 9.17) is 0 Å². The molecule has 2 amide bonds. The number of nitrogens with one attached hydrogen (secondary N) is 1. The van der Waals surface area contributed by atoms with Gasteiger partial charge in [0.25, 0.3) is 0 Å². The van der Waals surface area contributed by atoms with Crippen LogP contribution in [0.1, 0.15) is 19.3 Å². The highest BCUT2D eigenvalue weighted by Crippen LogP contribution is 2.22. The van der Waals surface area contributed by atoms with Crippen LogP contribution in [0.15, 0.2) is 42.7 Å². The van der Waals surface area contributed by atoms with E-state index in [0.717, 1.165) is 13.0 Å². The standard InChI is InChI=1S/C17H18FN3O2/c18-13-5-6-14(15(12-13)20-8-1-2-9-20)19-16(22)7-11-21-10-3-4-17(21)23/h1-2,5-6,8-9,12H,3-4,7,10-11H2,(H,19,22). The summed E-state index contributed by atoms with van der Waals surface area (Å²) >= 11 is 0. The van der Waals surface area contributed by atoms with Gasteiger partial charge in [0.15, 0.2) is 0 Å². The molecule has 2 heterocycles. The summed E-state index contributed by atoms with van der Waals surface area (Å²) in [6, 6.07) is 7.89. The van der Waals surface area contributed by atoms with Crippen LogP contribution >= 0.6 is 0 Å². The number of rotatable bonds is 5. The van der Waals surface area contributed by atoms with Gasteiger partial charge in [0.1, 0.15) is 5.82 Å². The summed E-state index contributed by atoms with van der Waals surface area (Å²) in [6.07, 6.45) is 5.22. The topological polar surface area (TPSA) is 54.3 Å². The lowest BCUT2D eigenvalue weighted by Crippen LogP contribution is -2.28. The van der Waals surface area contributed by atoms with Gasteiger partial charge in [0.2, 0.25) is 11.8 Å². The SMILES string of the molecule is O=C(CCN1CCCC1=O)Nc1ccc(F)cc1-n1cccc1. The highest BCUT2D eigenvalue weighted by molar-refractivity contribution is 5.93. The molecule has 0 saturated carbocycles. The Balaban J connectivity index is 1.67. The third-order valence-corrected chi connectivity index (χ3v) is 3.90. The van der Waals surface area contributed by atoms with E-state index in [1.165, 1.54) is 12.1 Å². The average molecular weight is 315 g/mol. The van der Waals surface area contributed by atoms with Crippen LogP contribution < -0.4 is 5.32 Å². The first-order valence-corrected chi connectivity index (χ1v) is 7.64. The van der Waals surface area contributed by atoms with Crippen LogP contribution in [0.25, 0.3) is 5.69 Å². The normalized spacial score (nSPS) is 14.3. The summed E-state index contributed by atoms with van der Waals surface area (Å²) in [5.74, 6) is -0.452. The molecule has 1 aliphatic heterocycles. The predicted octanol–water partition coefficient (Wildman–Crippen LogP) is 2.57. The summed E-state index contributed by atoms with van der Waals surface area (Å²) in [4.78, 5) is 25.4. The average Bonchev–Trinajstić information content (AvgIpc) is 3.18. The molecule has 0 bridgehead atoms. The van der Waals surface area contributed by atoms with E-state index in [1.54, 1.807) is 27.9 Å². The molecule has 0 spiro atoms. The number of benzene rings is 1. The fraction of sp³-hybridized carbons (Fsp3) is 0.294. The van der Waals surface area contributed by atoms with Crippen LogP contribution in [0, 0.1) is 5.82 Å². The Hall–Kier alpha value is -2.63. The maximum Gasteiger partial charge on any atom is 0.226 e. The van der Waals surface area contributed by atoms with E-state index in [2.05, 4.69) is 5.32 Å². The summed E-state index contributed by atoms with van der Waals surface area (Å²) in [5.41, 5.74) is 1.11. The predicted molar refractivity (Wildman–Crippen MR) is 84.8 cm³/mol. The fourth-order valence-corrected chi connectivity index (χ4v) is 2.71. The van der Waals surface area contributed by atoms with Gasteiger partial charge in [0, 0.05) is 38.3 Å². The molecular formula is C17H18FN3O2. The van der Waals surface area contributed by atoms with Crippen molar-refractivity contribution < 1.29 is 14.0 Å². The first kappa shape index (κ1) is 15.3. The van der Waals surface area contributed by atoms with Crippen molar-refractivity contribution in [1.29, 1.82) is 0 Å². The van der Waals surface area contributed by atoms with E-state index in [9.17, 15) is 14.0 Å². The Kier molecular flexibility index (Phi) is 4.41. The van der Waals surface area contributed by atoms with Crippen molar-refractivity contribution in [3.63, 3.8) is 0 Å². The quantitative estimate of drug-likeness (QED) is 0.922. The highest BCUT2D eigenvalue weighted by Gasteiger charge is 2.20. The van der Waals surface area contributed by atoms with E-state index in [0.29, 0.717) is 24.3 Å². The van der Waals surface area contributed by atoms with Crippen molar-refractivity contribution in [2.45, 2.75) is 19.3 Å². The highest BCUT2D eigenvalue weighted by atomic mass is 19.1. The van der Waals surface area contributed by atoms with Crippen molar-refractivity contribution in [2.24, 2.45) is 0 Å². The number of anilines is 1. The van der Waals surface area contributed by atoms with Crippen LogP contribution in [-0.2, 0) is 9.59 Å². The number of hydrogen-bond acceptors (Lipinski definition) is 2. The Bertz CT molecular complexity index is 713. The molecule has 1 aromatic heterocycles. The lowest BCUT2D eigenvalue weighted by Gasteiger charge is -2.16. The number of carbonyl (C=O) groups excluding carboxylic acids is 2. The van der Waals surface area contributed by atoms with Crippen molar-refractivity contribution in [3.8, 4) is 5.69 Å². The number of amides is 2. The van der Waals surface area contributed by atoms with Gasteiger partial charge < -0.3 is 14.8 Å². The molecule has 0 atom stereocenters. The Morgan fingerprint density at radius 2 is 2.04 bits per heavy atom. The molecule has 1 aromatic carbocycles. The molecule has 1 N–H and O–H groups in total. The Labute approximate surface area is 133 Å². The number of hydrogen-bond donors (Lipinski definition) is 1. The van der Waals surface area contributed by atoms with Crippen LogP contribution in [0.5, 0.6) is 0 Å². The number of aromatic nitrogens is 1. The first-order chi connectivity index (χ1) is 11.1. The molecular weight excluding hydrogens is 297 g/mol. The van der Waals surface area contributed by atoms with Gasteiger partial charge in [-0.15, -0.1) is 0 Å². The zero-order valence-corrected chi connectivity index (χ0v) is 12.7. The van der Waals surface area contributed by atoms with Crippen molar-refractivity contribution in [3.05, 3.63) is 48.5 Å². The fourth-order valence-electron chi connectivity index (χ4n) is 2.71. The van der Waals surface area contributed by atoms with E-state index >= 15 is 0 Å². The Morgan fingerprint density at radius 1 is 1.26 bits per heavy atom. The smallest absolute Gasteiger partial charge is 0.226 e. The zero-order chi connectivity index (χ0) is 16.2. The van der Waals surface area contributed by atoms with Crippen LogP contribution in [0.2, 0.25) is 0 Å². The molecule has 1 saturated heterocycles. The molecule has 1 aliphatic rings. The summed E-state index contributed by atoms with van der Waals surface area (Å²) in [7, 11) is 0. The molecule has 3 rings (SSSR count). The van der Waals surface area contributed by atoms with Crippen molar-refractivity contribution in [1.82, 2.24) is 9.47 Å². The molecule has 0 aliphatic carbocycles. The largest absolute Gasteiger partial charge is 0.342 e. The minimum Gasteiger partial charge on any atom is -0.342 e. The van der Waals surface area contributed by atoms with Crippen LogP contribution in [0.3, 0.4) is 0 Å². The first-order valence-electron chi connectivity index (χ1n) is 7.64. The molecule has 2 aromatic rings. The summed E-state index contributed by atoms with van der Waals surface area (Å²) < 4.78 is 15.2. The number of likely N-dealkylation sites (tertiary alicyclic amines) is 1. The van der Waals surface area contributed by atoms with Gasteiger partial charge in [-0.05, 0) is 36.8 Å². The molecule has 6 heteroatoms. The van der Waals surface area contributed by atoms with E-state index in [-0.39, 0.29) is 24.1 Å². The summed E-state index contributed by atoms with van der Waals surface area (Å²) in [6.45, 7) is 1.14. The van der Waals surface area contributed by atoms with E-state index in [1.807, 2.05) is 12.1 Å². The molecule has 120 valence electrons. The van der Waals surface area contributed by atoms with Gasteiger partial charge in [-0.1, -0.05) is 0 Å². The zero-order valence-electron chi connectivity index (χ0n) is 12.7.